The first kappa shape index (κ1) is 12.6. The Morgan fingerprint density at radius 1 is 1.50 bits per heavy atom. The number of aryl methyl sites for hydroxylation is 1. The van der Waals surface area contributed by atoms with Gasteiger partial charge < -0.3 is 14.4 Å². The fourth-order valence-corrected chi connectivity index (χ4v) is 2.40. The molecule has 94 valence electrons. The summed E-state index contributed by atoms with van der Waals surface area (Å²) < 4.78 is 11.0. The van der Waals surface area contributed by atoms with Gasteiger partial charge >= 0.3 is 5.97 Å². The first-order valence-electron chi connectivity index (χ1n) is 5.08. The molecule has 1 aromatic heterocycles. The van der Waals surface area contributed by atoms with Crippen molar-refractivity contribution in [3.63, 3.8) is 0 Å². The zero-order valence-corrected chi connectivity index (χ0v) is 11.3. The molecule has 0 aliphatic rings. The highest BCUT2D eigenvalue weighted by atomic mass is 79.9. The van der Waals surface area contributed by atoms with Gasteiger partial charge in [-0.15, -0.1) is 0 Å². The number of carboxylic acids is 1. The average Bonchev–Trinajstić information content (AvgIpc) is 2.79. The van der Waals surface area contributed by atoms with Gasteiger partial charge in [-0.2, -0.15) is 0 Å². The Bertz CT molecular complexity index is 606. The van der Waals surface area contributed by atoms with Crippen LogP contribution in [0.4, 0.5) is 0 Å². The summed E-state index contributed by atoms with van der Waals surface area (Å²) in [6.45, 7) is 1.91. The van der Waals surface area contributed by atoms with Crippen LogP contribution in [-0.4, -0.2) is 23.3 Å². The molecule has 0 fully saturated rings. The van der Waals surface area contributed by atoms with Gasteiger partial charge in [0, 0.05) is 11.6 Å². The topological polar surface area (TPSA) is 72.6 Å². The van der Waals surface area contributed by atoms with E-state index in [0.717, 1.165) is 5.56 Å². The van der Waals surface area contributed by atoms with Crippen molar-refractivity contribution in [2.45, 2.75) is 6.92 Å². The Kier molecular flexibility index (Phi) is 3.38. The third-order valence-electron chi connectivity index (χ3n) is 2.49. The van der Waals surface area contributed by atoms with E-state index in [-0.39, 0.29) is 5.69 Å². The van der Waals surface area contributed by atoms with E-state index in [9.17, 15) is 4.79 Å². The molecule has 1 aromatic carbocycles. The lowest BCUT2D eigenvalue weighted by atomic mass is 10.1. The zero-order chi connectivity index (χ0) is 13.3. The molecule has 0 atom stereocenters. The second kappa shape index (κ2) is 4.81. The van der Waals surface area contributed by atoms with Crippen molar-refractivity contribution >= 4 is 21.9 Å². The zero-order valence-electron chi connectivity index (χ0n) is 9.73. The summed E-state index contributed by atoms with van der Waals surface area (Å²) in [7, 11) is 1.57. The quantitative estimate of drug-likeness (QED) is 0.942. The monoisotopic (exact) mass is 311 g/mol. The first-order chi connectivity index (χ1) is 8.54. The number of carbonyl (C=O) groups is 1. The van der Waals surface area contributed by atoms with Crippen LogP contribution in [0.25, 0.3) is 11.3 Å². The van der Waals surface area contributed by atoms with Crippen LogP contribution >= 0.6 is 15.9 Å². The van der Waals surface area contributed by atoms with Crippen LogP contribution in [0.15, 0.2) is 27.2 Å². The number of rotatable bonds is 3. The maximum atomic E-state index is 10.7. The van der Waals surface area contributed by atoms with E-state index in [4.69, 9.17) is 14.4 Å². The summed E-state index contributed by atoms with van der Waals surface area (Å²) in [5.74, 6) is -0.0708. The molecular weight excluding hydrogens is 302 g/mol. The maximum Gasteiger partial charge on any atom is 0.358 e. The molecule has 0 unspecified atom stereocenters. The normalized spacial score (nSPS) is 10.4. The predicted molar refractivity (Wildman–Crippen MR) is 67.9 cm³/mol. The fourth-order valence-electron chi connectivity index (χ4n) is 1.60. The van der Waals surface area contributed by atoms with Crippen molar-refractivity contribution in [1.29, 1.82) is 0 Å². The molecule has 0 spiro atoms. The van der Waals surface area contributed by atoms with E-state index in [2.05, 4.69) is 21.1 Å². The van der Waals surface area contributed by atoms with E-state index >= 15 is 0 Å². The summed E-state index contributed by atoms with van der Waals surface area (Å²) in [5, 5.41) is 12.3. The van der Waals surface area contributed by atoms with Gasteiger partial charge in [-0.25, -0.2) is 4.79 Å². The van der Waals surface area contributed by atoms with Crippen LogP contribution in [0.5, 0.6) is 5.75 Å². The first-order valence-corrected chi connectivity index (χ1v) is 5.87. The molecule has 18 heavy (non-hydrogen) atoms. The Morgan fingerprint density at radius 3 is 2.78 bits per heavy atom. The Balaban J connectivity index is 2.53. The molecule has 0 aliphatic heterocycles. The maximum absolute atomic E-state index is 10.7. The highest BCUT2D eigenvalue weighted by Gasteiger charge is 2.17. The number of benzene rings is 1. The third-order valence-corrected chi connectivity index (χ3v) is 3.28. The van der Waals surface area contributed by atoms with Crippen LogP contribution in [0.3, 0.4) is 0 Å². The Morgan fingerprint density at radius 2 is 2.22 bits per heavy atom. The number of methoxy groups -OCH3 is 1. The van der Waals surface area contributed by atoms with Crippen molar-refractivity contribution in [2.75, 3.05) is 7.11 Å². The van der Waals surface area contributed by atoms with Crippen LogP contribution < -0.4 is 4.74 Å². The minimum Gasteiger partial charge on any atom is -0.495 e. The van der Waals surface area contributed by atoms with Crippen molar-refractivity contribution in [3.05, 3.63) is 33.9 Å². The second-order valence-corrected chi connectivity index (χ2v) is 4.45. The lowest BCUT2D eigenvalue weighted by Crippen LogP contribution is -1.94. The molecule has 1 N–H and O–H groups in total. The molecule has 0 radical (unpaired) electrons. The molecule has 5 nitrogen and oxygen atoms in total. The Labute approximate surface area is 111 Å². The summed E-state index contributed by atoms with van der Waals surface area (Å²) in [5.41, 5.74) is 1.53. The van der Waals surface area contributed by atoms with Gasteiger partial charge in [0.2, 0.25) is 0 Å². The molecule has 2 aromatic rings. The fraction of sp³-hybridized carbons (Fsp3) is 0.167. The molecular formula is C12H10BrNO4. The number of aromatic nitrogens is 1. The number of carboxylic acid groups (broad SMARTS) is 1. The minimum absolute atomic E-state index is 0.128. The summed E-state index contributed by atoms with van der Waals surface area (Å²) in [4.78, 5) is 10.7. The smallest absolute Gasteiger partial charge is 0.358 e. The molecule has 0 amide bonds. The van der Waals surface area contributed by atoms with E-state index in [1.54, 1.807) is 7.11 Å². The largest absolute Gasteiger partial charge is 0.495 e. The van der Waals surface area contributed by atoms with Crippen LogP contribution in [0.2, 0.25) is 0 Å². The Hall–Kier alpha value is -1.82. The summed E-state index contributed by atoms with van der Waals surface area (Å²) in [6.07, 6.45) is 0. The van der Waals surface area contributed by atoms with Crippen molar-refractivity contribution in [3.8, 4) is 17.1 Å². The van der Waals surface area contributed by atoms with Gasteiger partial charge in [-0.05, 0) is 34.5 Å². The molecule has 6 heteroatoms. The van der Waals surface area contributed by atoms with Gasteiger partial charge in [0.15, 0.2) is 11.5 Å². The van der Waals surface area contributed by atoms with Crippen LogP contribution in [0.1, 0.15) is 16.1 Å². The second-order valence-electron chi connectivity index (χ2n) is 3.66. The lowest BCUT2D eigenvalue weighted by molar-refractivity contribution is 0.0686. The number of hydrogen-bond acceptors (Lipinski definition) is 4. The van der Waals surface area contributed by atoms with Gasteiger partial charge in [0.1, 0.15) is 5.75 Å². The molecule has 0 bridgehead atoms. The van der Waals surface area contributed by atoms with E-state index in [1.165, 1.54) is 6.07 Å². The van der Waals surface area contributed by atoms with Crippen LogP contribution in [-0.2, 0) is 0 Å². The predicted octanol–water partition coefficient (Wildman–Crippen LogP) is 3.12. The molecule has 0 aliphatic carbocycles. The van der Waals surface area contributed by atoms with Crippen LogP contribution in [0, 0.1) is 6.92 Å². The van der Waals surface area contributed by atoms with Gasteiger partial charge in [0.05, 0.1) is 11.6 Å². The van der Waals surface area contributed by atoms with Crippen molar-refractivity contribution in [2.24, 2.45) is 0 Å². The van der Waals surface area contributed by atoms with E-state index in [0.29, 0.717) is 21.5 Å². The van der Waals surface area contributed by atoms with Gasteiger partial charge in [0.25, 0.3) is 0 Å². The number of nitrogens with zero attached hydrogens (tertiary/aromatic N) is 1. The minimum atomic E-state index is -1.12. The third kappa shape index (κ3) is 2.11. The number of aromatic carboxylic acids is 1. The summed E-state index contributed by atoms with van der Waals surface area (Å²) >= 11 is 3.42. The average molecular weight is 312 g/mol. The highest BCUT2D eigenvalue weighted by Crippen LogP contribution is 2.37. The van der Waals surface area contributed by atoms with E-state index < -0.39 is 5.97 Å². The summed E-state index contributed by atoms with van der Waals surface area (Å²) in [6, 6.07) is 5.05. The molecule has 0 saturated heterocycles. The molecule has 1 heterocycles. The van der Waals surface area contributed by atoms with Crippen molar-refractivity contribution < 1.29 is 19.2 Å². The SMILES string of the molecule is COc1c(C)ccc(-c2cc(C(=O)O)no2)c1Br. The highest BCUT2D eigenvalue weighted by molar-refractivity contribution is 9.10. The van der Waals surface area contributed by atoms with E-state index in [1.807, 2.05) is 19.1 Å². The number of hydrogen-bond donors (Lipinski definition) is 1. The van der Waals surface area contributed by atoms with Crippen molar-refractivity contribution in [1.82, 2.24) is 5.16 Å². The lowest BCUT2D eigenvalue weighted by Gasteiger charge is -2.09. The van der Waals surface area contributed by atoms with Gasteiger partial charge in [-0.3, -0.25) is 0 Å². The molecule has 2 rings (SSSR count). The number of ether oxygens (including phenoxy) is 1. The van der Waals surface area contributed by atoms with Gasteiger partial charge in [-0.1, -0.05) is 11.2 Å². The molecule has 0 saturated carbocycles. The number of halogens is 1. The standard InChI is InChI=1S/C12H10BrNO4/c1-6-3-4-7(10(13)11(6)17-2)9-5-8(12(15)16)14-18-9/h3-5H,1-2H3,(H,15,16).